The molecule has 0 saturated heterocycles. The predicted molar refractivity (Wildman–Crippen MR) is 48.5 cm³/mol. The van der Waals surface area contributed by atoms with Gasteiger partial charge in [0.2, 0.25) is 0 Å². The summed E-state index contributed by atoms with van der Waals surface area (Å²) in [6, 6.07) is 1.77. The maximum Gasteiger partial charge on any atom is 0.133 e. The van der Waals surface area contributed by atoms with Crippen molar-refractivity contribution in [3.8, 4) is 0 Å². The van der Waals surface area contributed by atoms with Crippen molar-refractivity contribution in [2.24, 2.45) is 0 Å². The van der Waals surface area contributed by atoms with E-state index in [1.807, 2.05) is 0 Å². The van der Waals surface area contributed by atoms with Crippen molar-refractivity contribution >= 4 is 5.82 Å². The van der Waals surface area contributed by atoms with E-state index in [1.165, 1.54) is 12.8 Å². The van der Waals surface area contributed by atoms with E-state index in [4.69, 9.17) is 0 Å². The van der Waals surface area contributed by atoms with E-state index in [9.17, 15) is 4.39 Å². The highest BCUT2D eigenvalue weighted by Crippen LogP contribution is 2.37. The Balaban J connectivity index is 2.03. The molecule has 0 spiro atoms. The zero-order chi connectivity index (χ0) is 9.10. The fraction of sp³-hybridized carbons (Fsp3) is 0.556. The first-order valence-electron chi connectivity index (χ1n) is 4.53. The smallest absolute Gasteiger partial charge is 0.133 e. The average Bonchev–Trinajstić information content (AvgIpc) is 2.98. The van der Waals surface area contributed by atoms with Crippen molar-refractivity contribution < 1.29 is 4.39 Å². The van der Waals surface area contributed by atoms with Crippen LogP contribution in [0.25, 0.3) is 0 Å². The highest BCUT2D eigenvalue weighted by Gasteiger charge is 2.26. The Morgan fingerprint density at radius 2 is 2.38 bits per heavy atom. The van der Waals surface area contributed by atoms with Gasteiger partial charge in [-0.3, -0.25) is 0 Å². The summed E-state index contributed by atoms with van der Waals surface area (Å²) < 4.78 is 11.8. The first kappa shape index (κ1) is 8.41. The third-order valence-electron chi connectivity index (χ3n) is 2.02. The number of aromatic nitrogens is 2. The molecule has 0 unspecified atom stereocenters. The monoisotopic (exact) mass is 181 g/mol. The minimum Gasteiger partial charge on any atom is -0.367 e. The van der Waals surface area contributed by atoms with Gasteiger partial charge in [0.1, 0.15) is 18.3 Å². The molecule has 70 valence electrons. The average molecular weight is 181 g/mol. The minimum atomic E-state index is -0.372. The van der Waals surface area contributed by atoms with Crippen LogP contribution in [0.3, 0.4) is 0 Å². The fourth-order valence-electron chi connectivity index (χ4n) is 1.19. The second kappa shape index (κ2) is 3.68. The van der Waals surface area contributed by atoms with Crippen molar-refractivity contribution in [2.75, 3.05) is 18.5 Å². The molecule has 1 saturated carbocycles. The van der Waals surface area contributed by atoms with E-state index in [0.29, 0.717) is 12.5 Å². The summed E-state index contributed by atoms with van der Waals surface area (Å²) >= 11 is 0. The van der Waals surface area contributed by atoms with E-state index >= 15 is 0 Å². The number of halogens is 1. The second-order valence-corrected chi connectivity index (χ2v) is 3.19. The first-order chi connectivity index (χ1) is 6.40. The van der Waals surface area contributed by atoms with Crippen LogP contribution < -0.4 is 5.32 Å². The van der Waals surface area contributed by atoms with Crippen LogP contribution in [0.2, 0.25) is 0 Å². The molecule has 0 bridgehead atoms. The molecule has 0 radical (unpaired) electrons. The van der Waals surface area contributed by atoms with Gasteiger partial charge in [0, 0.05) is 18.7 Å². The standard InChI is InChI=1S/C9H12FN3/c10-4-6-11-8-3-5-12-9(13-8)7-1-2-7/h3,5,7H,1-2,4,6H2,(H,11,12,13). The maximum absolute atomic E-state index is 11.8. The van der Waals surface area contributed by atoms with Gasteiger partial charge in [0.25, 0.3) is 0 Å². The largest absolute Gasteiger partial charge is 0.367 e. The Hall–Kier alpha value is -1.19. The summed E-state index contributed by atoms with van der Waals surface area (Å²) in [6.07, 6.45) is 4.10. The third-order valence-corrected chi connectivity index (χ3v) is 2.02. The topological polar surface area (TPSA) is 37.8 Å². The second-order valence-electron chi connectivity index (χ2n) is 3.19. The summed E-state index contributed by atoms with van der Waals surface area (Å²) in [5.74, 6) is 2.17. The molecule has 1 heterocycles. The van der Waals surface area contributed by atoms with Gasteiger partial charge in [-0.2, -0.15) is 0 Å². The van der Waals surface area contributed by atoms with Crippen molar-refractivity contribution in [1.82, 2.24) is 9.97 Å². The zero-order valence-corrected chi connectivity index (χ0v) is 7.33. The van der Waals surface area contributed by atoms with Gasteiger partial charge in [-0.15, -0.1) is 0 Å². The van der Waals surface area contributed by atoms with Crippen molar-refractivity contribution in [1.29, 1.82) is 0 Å². The van der Waals surface area contributed by atoms with Crippen LogP contribution in [0.4, 0.5) is 10.2 Å². The van der Waals surface area contributed by atoms with Crippen molar-refractivity contribution in [2.45, 2.75) is 18.8 Å². The van der Waals surface area contributed by atoms with Crippen molar-refractivity contribution in [3.05, 3.63) is 18.1 Å². The minimum absolute atomic E-state index is 0.321. The van der Waals surface area contributed by atoms with Crippen molar-refractivity contribution in [3.63, 3.8) is 0 Å². The summed E-state index contributed by atoms with van der Waals surface area (Å²) in [5, 5.41) is 2.89. The highest BCUT2D eigenvalue weighted by molar-refractivity contribution is 5.33. The van der Waals surface area contributed by atoms with Gasteiger partial charge < -0.3 is 5.32 Å². The van der Waals surface area contributed by atoms with Gasteiger partial charge in [-0.25, -0.2) is 14.4 Å². The van der Waals surface area contributed by atoms with Gasteiger partial charge in [-0.05, 0) is 18.9 Å². The molecule has 1 aliphatic rings. The Morgan fingerprint density at radius 1 is 1.54 bits per heavy atom. The highest BCUT2D eigenvalue weighted by atomic mass is 19.1. The molecule has 0 aromatic carbocycles. The number of nitrogens with zero attached hydrogens (tertiary/aromatic N) is 2. The van der Waals surface area contributed by atoms with E-state index in [0.717, 1.165) is 11.6 Å². The molecule has 4 heteroatoms. The molecule has 1 aromatic rings. The lowest BCUT2D eigenvalue weighted by atomic mass is 10.4. The van der Waals surface area contributed by atoms with Crippen LogP contribution in [0.1, 0.15) is 24.6 Å². The molecule has 0 amide bonds. The lowest BCUT2D eigenvalue weighted by Gasteiger charge is -2.03. The quantitative estimate of drug-likeness (QED) is 0.768. The normalized spacial score (nSPS) is 15.8. The van der Waals surface area contributed by atoms with Crippen LogP contribution in [0.5, 0.6) is 0 Å². The van der Waals surface area contributed by atoms with Gasteiger partial charge in [-0.1, -0.05) is 0 Å². The maximum atomic E-state index is 11.8. The molecule has 1 aromatic heterocycles. The molecule has 1 aliphatic carbocycles. The Labute approximate surface area is 76.4 Å². The Bertz CT molecular complexity index is 286. The molecule has 1 fully saturated rings. The predicted octanol–water partition coefficient (Wildman–Crippen LogP) is 1.74. The van der Waals surface area contributed by atoms with E-state index < -0.39 is 0 Å². The summed E-state index contributed by atoms with van der Waals surface area (Å²) in [5.41, 5.74) is 0. The zero-order valence-electron chi connectivity index (χ0n) is 7.33. The lowest BCUT2D eigenvalue weighted by molar-refractivity contribution is 0.512. The third kappa shape index (κ3) is 2.14. The van der Waals surface area contributed by atoms with Gasteiger partial charge in [0.05, 0.1) is 0 Å². The molecule has 3 nitrogen and oxygen atoms in total. The first-order valence-corrected chi connectivity index (χ1v) is 4.53. The fourth-order valence-corrected chi connectivity index (χ4v) is 1.19. The molecular formula is C9H12FN3. The van der Waals surface area contributed by atoms with Crippen LogP contribution >= 0.6 is 0 Å². The number of anilines is 1. The SMILES string of the molecule is FCCNc1ccnc(C2CC2)n1. The van der Waals surface area contributed by atoms with E-state index in [-0.39, 0.29) is 6.67 Å². The Morgan fingerprint density at radius 3 is 3.08 bits per heavy atom. The number of hydrogen-bond acceptors (Lipinski definition) is 3. The van der Waals surface area contributed by atoms with Gasteiger partial charge >= 0.3 is 0 Å². The summed E-state index contributed by atoms with van der Waals surface area (Å²) in [6.45, 7) is -0.0517. The van der Waals surface area contributed by atoms with Crippen LogP contribution in [0, 0.1) is 0 Å². The lowest BCUT2D eigenvalue weighted by Crippen LogP contribution is -2.06. The van der Waals surface area contributed by atoms with Crippen LogP contribution in [0.15, 0.2) is 12.3 Å². The number of alkyl halides is 1. The van der Waals surface area contributed by atoms with Crippen LogP contribution in [-0.2, 0) is 0 Å². The summed E-state index contributed by atoms with van der Waals surface area (Å²) in [7, 11) is 0. The van der Waals surface area contributed by atoms with E-state index in [2.05, 4.69) is 15.3 Å². The number of hydrogen-bond donors (Lipinski definition) is 1. The molecule has 13 heavy (non-hydrogen) atoms. The van der Waals surface area contributed by atoms with Crippen LogP contribution in [-0.4, -0.2) is 23.2 Å². The number of rotatable bonds is 4. The molecule has 1 N–H and O–H groups in total. The molecule has 0 aliphatic heterocycles. The molecule has 2 rings (SSSR count). The van der Waals surface area contributed by atoms with Gasteiger partial charge in [0.15, 0.2) is 0 Å². The Kier molecular flexibility index (Phi) is 2.38. The molecule has 0 atom stereocenters. The molecular weight excluding hydrogens is 169 g/mol. The van der Waals surface area contributed by atoms with E-state index in [1.54, 1.807) is 12.3 Å². The summed E-state index contributed by atoms with van der Waals surface area (Å²) in [4.78, 5) is 8.45. The number of nitrogens with one attached hydrogen (secondary N) is 1.